The summed E-state index contributed by atoms with van der Waals surface area (Å²) in [6.45, 7) is 7.10. The van der Waals surface area contributed by atoms with Crippen LogP contribution in [0, 0.1) is 19.7 Å². The molecule has 2 aromatic heterocycles. The average Bonchev–Trinajstić information content (AvgIpc) is 2.91. The molecule has 1 aliphatic heterocycles. The summed E-state index contributed by atoms with van der Waals surface area (Å²) in [7, 11) is 0. The zero-order valence-corrected chi connectivity index (χ0v) is 12.6. The molecule has 1 fully saturated rings. The van der Waals surface area contributed by atoms with Crippen molar-refractivity contribution in [2.24, 2.45) is 0 Å². The Bertz CT molecular complexity index is 865. The van der Waals surface area contributed by atoms with Crippen LogP contribution in [-0.4, -0.2) is 45.8 Å². The molecule has 0 spiro atoms. The summed E-state index contributed by atoms with van der Waals surface area (Å²) in [5, 5.41) is 8.63. The van der Waals surface area contributed by atoms with Gasteiger partial charge in [0.15, 0.2) is 5.65 Å². The van der Waals surface area contributed by atoms with Crippen molar-refractivity contribution in [2.45, 2.75) is 13.8 Å². The zero-order valence-electron chi connectivity index (χ0n) is 12.6. The van der Waals surface area contributed by atoms with E-state index in [1.807, 2.05) is 6.92 Å². The van der Waals surface area contributed by atoms with Gasteiger partial charge in [0.2, 0.25) is 5.95 Å². The summed E-state index contributed by atoms with van der Waals surface area (Å²) in [5.74, 6) is 1.17. The predicted molar refractivity (Wildman–Crippen MR) is 82.8 cm³/mol. The largest absolute Gasteiger partial charge is 0.338 e. The molecule has 0 radical (unpaired) electrons. The molecule has 114 valence electrons. The first-order valence-electron chi connectivity index (χ1n) is 7.42. The number of piperazine rings is 1. The number of rotatable bonds is 1. The Morgan fingerprint density at radius 1 is 1.14 bits per heavy atom. The lowest BCUT2D eigenvalue weighted by molar-refractivity contribution is 0.574. The normalized spacial score (nSPS) is 15.9. The van der Waals surface area contributed by atoms with Gasteiger partial charge in [-0.15, -0.1) is 5.10 Å². The number of nitrogens with one attached hydrogen (secondary N) is 1. The van der Waals surface area contributed by atoms with Crippen LogP contribution in [0.1, 0.15) is 11.4 Å². The zero-order chi connectivity index (χ0) is 15.3. The van der Waals surface area contributed by atoms with Crippen molar-refractivity contribution in [1.29, 1.82) is 0 Å². The molecule has 0 bridgehead atoms. The monoisotopic (exact) mass is 300 g/mol. The van der Waals surface area contributed by atoms with Crippen molar-refractivity contribution >= 4 is 22.5 Å². The summed E-state index contributed by atoms with van der Waals surface area (Å²) in [4.78, 5) is 11.3. The lowest BCUT2D eigenvalue weighted by Gasteiger charge is -2.28. The average molecular weight is 300 g/mol. The highest BCUT2D eigenvalue weighted by atomic mass is 19.1. The van der Waals surface area contributed by atoms with E-state index in [1.165, 1.54) is 6.07 Å². The highest BCUT2D eigenvalue weighted by molar-refractivity contribution is 5.93. The summed E-state index contributed by atoms with van der Waals surface area (Å²) in [6.07, 6.45) is 0. The number of halogens is 1. The first-order valence-corrected chi connectivity index (χ1v) is 7.42. The molecular formula is C15H17FN6. The van der Waals surface area contributed by atoms with Gasteiger partial charge in [0.05, 0.1) is 5.52 Å². The summed E-state index contributed by atoms with van der Waals surface area (Å²) < 4.78 is 15.7. The minimum atomic E-state index is -0.244. The van der Waals surface area contributed by atoms with E-state index in [1.54, 1.807) is 17.5 Å². The van der Waals surface area contributed by atoms with Gasteiger partial charge in [-0.2, -0.15) is 4.52 Å². The Kier molecular flexibility index (Phi) is 2.97. The molecule has 1 aromatic carbocycles. The predicted octanol–water partition coefficient (Wildman–Crippen LogP) is 1.44. The second kappa shape index (κ2) is 4.88. The van der Waals surface area contributed by atoms with Crippen LogP contribution in [0.5, 0.6) is 0 Å². The van der Waals surface area contributed by atoms with Crippen LogP contribution in [0.2, 0.25) is 0 Å². The van der Waals surface area contributed by atoms with Crippen molar-refractivity contribution in [2.75, 3.05) is 31.1 Å². The van der Waals surface area contributed by atoms with Gasteiger partial charge >= 0.3 is 0 Å². The molecule has 22 heavy (non-hydrogen) atoms. The molecule has 4 rings (SSSR count). The van der Waals surface area contributed by atoms with Gasteiger partial charge in [-0.05, 0) is 25.5 Å². The van der Waals surface area contributed by atoms with E-state index < -0.39 is 0 Å². The number of fused-ring (bicyclic) bond motifs is 3. The van der Waals surface area contributed by atoms with E-state index in [9.17, 15) is 4.39 Å². The topological polar surface area (TPSA) is 58.4 Å². The van der Waals surface area contributed by atoms with Gasteiger partial charge < -0.3 is 10.2 Å². The molecule has 0 atom stereocenters. The fraction of sp³-hybridized carbons (Fsp3) is 0.400. The van der Waals surface area contributed by atoms with Gasteiger partial charge in [0.25, 0.3) is 0 Å². The number of anilines is 1. The lowest BCUT2D eigenvalue weighted by Crippen LogP contribution is -2.44. The van der Waals surface area contributed by atoms with Gasteiger partial charge in [-0.25, -0.2) is 14.4 Å². The third-order valence-electron chi connectivity index (χ3n) is 4.04. The third kappa shape index (κ3) is 2.00. The minimum Gasteiger partial charge on any atom is -0.338 e. The lowest BCUT2D eigenvalue weighted by atomic mass is 10.1. The van der Waals surface area contributed by atoms with Crippen LogP contribution in [0.3, 0.4) is 0 Å². The highest BCUT2D eigenvalue weighted by Gasteiger charge is 2.19. The Balaban J connectivity index is 2.03. The van der Waals surface area contributed by atoms with E-state index in [2.05, 4.69) is 25.3 Å². The number of aryl methyl sites for hydroxylation is 2. The fourth-order valence-corrected chi connectivity index (χ4v) is 2.90. The SMILES string of the molecule is Cc1nc2c3cc(C)c(F)cc3nc(N3CCNCC3)n2n1. The van der Waals surface area contributed by atoms with Crippen molar-refractivity contribution in [3.05, 3.63) is 29.3 Å². The van der Waals surface area contributed by atoms with Crippen molar-refractivity contribution in [3.63, 3.8) is 0 Å². The van der Waals surface area contributed by atoms with E-state index in [-0.39, 0.29) is 5.82 Å². The number of aromatic nitrogens is 4. The molecule has 7 heteroatoms. The molecule has 0 saturated carbocycles. The van der Waals surface area contributed by atoms with Crippen LogP contribution in [0.25, 0.3) is 16.6 Å². The van der Waals surface area contributed by atoms with Crippen molar-refractivity contribution in [1.82, 2.24) is 24.9 Å². The molecule has 1 saturated heterocycles. The number of hydrogen-bond donors (Lipinski definition) is 1. The van der Waals surface area contributed by atoms with Crippen LogP contribution < -0.4 is 10.2 Å². The molecule has 0 unspecified atom stereocenters. The Morgan fingerprint density at radius 2 is 1.91 bits per heavy atom. The van der Waals surface area contributed by atoms with Gasteiger partial charge in [-0.3, -0.25) is 0 Å². The number of nitrogens with zero attached hydrogens (tertiary/aromatic N) is 5. The Hall–Kier alpha value is -2.28. The van der Waals surface area contributed by atoms with Crippen LogP contribution in [-0.2, 0) is 0 Å². The van der Waals surface area contributed by atoms with Crippen LogP contribution >= 0.6 is 0 Å². The van der Waals surface area contributed by atoms with E-state index >= 15 is 0 Å². The van der Waals surface area contributed by atoms with Crippen LogP contribution in [0.4, 0.5) is 10.3 Å². The summed E-state index contributed by atoms with van der Waals surface area (Å²) >= 11 is 0. The van der Waals surface area contributed by atoms with Crippen molar-refractivity contribution in [3.8, 4) is 0 Å². The molecule has 3 aromatic rings. The quantitative estimate of drug-likeness (QED) is 0.737. The van der Waals surface area contributed by atoms with Gasteiger partial charge in [0.1, 0.15) is 11.6 Å². The smallest absolute Gasteiger partial charge is 0.229 e. The van der Waals surface area contributed by atoms with Crippen molar-refractivity contribution < 1.29 is 4.39 Å². The molecule has 3 heterocycles. The van der Waals surface area contributed by atoms with Gasteiger partial charge in [-0.1, -0.05) is 0 Å². The second-order valence-corrected chi connectivity index (χ2v) is 5.66. The maximum Gasteiger partial charge on any atom is 0.229 e. The molecular weight excluding hydrogens is 283 g/mol. The maximum absolute atomic E-state index is 13.9. The Morgan fingerprint density at radius 3 is 2.68 bits per heavy atom. The second-order valence-electron chi connectivity index (χ2n) is 5.66. The third-order valence-corrected chi connectivity index (χ3v) is 4.04. The minimum absolute atomic E-state index is 0.244. The molecule has 0 aliphatic carbocycles. The van der Waals surface area contributed by atoms with Gasteiger partial charge in [0, 0.05) is 37.6 Å². The first kappa shape index (κ1) is 13.4. The van der Waals surface area contributed by atoms with Crippen LogP contribution in [0.15, 0.2) is 12.1 Å². The summed E-state index contributed by atoms with van der Waals surface area (Å²) in [5.41, 5.74) is 1.95. The number of hydrogen-bond acceptors (Lipinski definition) is 5. The fourth-order valence-electron chi connectivity index (χ4n) is 2.90. The first-order chi connectivity index (χ1) is 10.6. The Labute approximate surface area is 127 Å². The highest BCUT2D eigenvalue weighted by Crippen LogP contribution is 2.25. The molecule has 1 N–H and O–H groups in total. The summed E-state index contributed by atoms with van der Waals surface area (Å²) in [6, 6.07) is 3.28. The maximum atomic E-state index is 13.9. The molecule has 0 amide bonds. The molecule has 6 nitrogen and oxygen atoms in total. The number of benzene rings is 1. The van der Waals surface area contributed by atoms with E-state index in [0.717, 1.165) is 43.2 Å². The molecule has 1 aliphatic rings. The standard InChI is InChI=1S/C15H17FN6/c1-9-7-11-13(8-12(9)16)19-15(21-5-3-17-4-6-21)22-14(11)18-10(2)20-22/h7-8,17H,3-6H2,1-2H3. The van der Waals surface area contributed by atoms with E-state index in [0.29, 0.717) is 16.9 Å². The van der Waals surface area contributed by atoms with E-state index in [4.69, 9.17) is 0 Å².